The monoisotopic (exact) mass is 275 g/mol. The van der Waals surface area contributed by atoms with Crippen LogP contribution in [0.2, 0.25) is 10.4 Å². The van der Waals surface area contributed by atoms with Gasteiger partial charge in [-0.2, -0.15) is 4.98 Å². The minimum atomic E-state index is 0.103. The van der Waals surface area contributed by atoms with Crippen LogP contribution >= 0.6 is 23.2 Å². The maximum absolute atomic E-state index is 5.87. The van der Waals surface area contributed by atoms with Crippen LogP contribution in [-0.4, -0.2) is 45.8 Å². The number of halogens is 2. The predicted octanol–water partition coefficient (Wildman–Crippen LogP) is 2.07. The van der Waals surface area contributed by atoms with E-state index in [1.54, 1.807) is 0 Å². The van der Waals surface area contributed by atoms with Crippen molar-refractivity contribution in [1.29, 1.82) is 0 Å². The van der Waals surface area contributed by atoms with Crippen LogP contribution in [0.15, 0.2) is 0 Å². The Hall–Kier alpha value is -0.650. The van der Waals surface area contributed by atoms with Crippen LogP contribution in [0.4, 0.5) is 5.82 Å². The molecule has 1 aliphatic heterocycles. The van der Waals surface area contributed by atoms with Crippen molar-refractivity contribution in [3.05, 3.63) is 10.4 Å². The molecule has 1 aliphatic rings. The van der Waals surface area contributed by atoms with Crippen molar-refractivity contribution < 1.29 is 0 Å². The maximum Gasteiger partial charge on any atom is 0.245 e. The zero-order chi connectivity index (χ0) is 12.3. The van der Waals surface area contributed by atoms with Crippen molar-refractivity contribution in [3.8, 4) is 0 Å². The standard InChI is InChI=1S/C10H15Cl2N5/c1-7(17-4-2-3-5-17)6-13-9-8(11)15-16-10(12)14-9/h7H,2-6H2,1H3,(H,13,14,16). The summed E-state index contributed by atoms with van der Waals surface area (Å²) in [7, 11) is 0. The van der Waals surface area contributed by atoms with Gasteiger partial charge < -0.3 is 5.32 Å². The number of hydrogen-bond donors (Lipinski definition) is 1. The molecule has 1 aromatic rings. The van der Waals surface area contributed by atoms with Crippen LogP contribution in [0, 0.1) is 0 Å². The smallest absolute Gasteiger partial charge is 0.245 e. The summed E-state index contributed by atoms with van der Waals surface area (Å²) >= 11 is 11.5. The summed E-state index contributed by atoms with van der Waals surface area (Å²) in [5, 5.41) is 10.8. The Labute approximate surface area is 111 Å². The molecule has 0 spiro atoms. The van der Waals surface area contributed by atoms with Gasteiger partial charge in [-0.15, -0.1) is 10.2 Å². The van der Waals surface area contributed by atoms with E-state index < -0.39 is 0 Å². The lowest BCUT2D eigenvalue weighted by molar-refractivity contribution is 0.269. The summed E-state index contributed by atoms with van der Waals surface area (Å²) in [5.41, 5.74) is 0. The van der Waals surface area contributed by atoms with Gasteiger partial charge in [0.05, 0.1) is 0 Å². The summed E-state index contributed by atoms with van der Waals surface area (Å²) in [4.78, 5) is 6.44. The molecule has 1 saturated heterocycles. The fraction of sp³-hybridized carbons (Fsp3) is 0.700. The van der Waals surface area contributed by atoms with E-state index >= 15 is 0 Å². The van der Waals surface area contributed by atoms with Gasteiger partial charge in [0.25, 0.3) is 0 Å². The molecule has 1 atom stereocenters. The molecule has 0 radical (unpaired) electrons. The second kappa shape index (κ2) is 5.80. The number of anilines is 1. The van der Waals surface area contributed by atoms with Gasteiger partial charge in [-0.3, -0.25) is 4.90 Å². The molecule has 0 amide bonds. The highest BCUT2D eigenvalue weighted by molar-refractivity contribution is 6.32. The zero-order valence-corrected chi connectivity index (χ0v) is 11.2. The van der Waals surface area contributed by atoms with E-state index in [1.807, 2.05) is 0 Å². The Bertz CT molecular complexity index is 381. The van der Waals surface area contributed by atoms with Gasteiger partial charge in [0.15, 0.2) is 11.0 Å². The Kier molecular flexibility index (Phi) is 4.36. The highest BCUT2D eigenvalue weighted by atomic mass is 35.5. The van der Waals surface area contributed by atoms with Gasteiger partial charge in [0.2, 0.25) is 5.28 Å². The highest BCUT2D eigenvalue weighted by Gasteiger charge is 2.18. The number of rotatable bonds is 4. The molecule has 1 fully saturated rings. The van der Waals surface area contributed by atoms with Crippen molar-refractivity contribution in [2.75, 3.05) is 25.0 Å². The summed E-state index contributed by atoms with van der Waals surface area (Å²) in [6.07, 6.45) is 2.57. The number of hydrogen-bond acceptors (Lipinski definition) is 5. The van der Waals surface area contributed by atoms with Crippen molar-refractivity contribution in [2.24, 2.45) is 0 Å². The topological polar surface area (TPSA) is 53.9 Å². The highest BCUT2D eigenvalue weighted by Crippen LogP contribution is 2.17. The molecule has 5 nitrogen and oxygen atoms in total. The second-order valence-corrected chi connectivity index (χ2v) is 4.89. The molecule has 7 heteroatoms. The third kappa shape index (κ3) is 3.40. The lowest BCUT2D eigenvalue weighted by atomic mass is 10.3. The van der Waals surface area contributed by atoms with Gasteiger partial charge in [0.1, 0.15) is 0 Å². The largest absolute Gasteiger partial charge is 0.366 e. The molecule has 0 aromatic carbocycles. The average Bonchev–Trinajstić information content (AvgIpc) is 2.83. The zero-order valence-electron chi connectivity index (χ0n) is 9.66. The first-order chi connectivity index (χ1) is 8.16. The summed E-state index contributed by atoms with van der Waals surface area (Å²) in [6.45, 7) is 5.29. The van der Waals surface area contributed by atoms with Crippen LogP contribution in [0.1, 0.15) is 19.8 Å². The first-order valence-electron chi connectivity index (χ1n) is 5.70. The third-order valence-corrected chi connectivity index (χ3v) is 3.36. The molecule has 1 aromatic heterocycles. The number of nitrogens with zero attached hydrogens (tertiary/aromatic N) is 4. The van der Waals surface area contributed by atoms with E-state index in [2.05, 4.69) is 32.3 Å². The van der Waals surface area contributed by atoms with Crippen LogP contribution < -0.4 is 5.32 Å². The molecule has 0 aliphatic carbocycles. The van der Waals surface area contributed by atoms with Crippen LogP contribution in [0.3, 0.4) is 0 Å². The number of aromatic nitrogens is 3. The van der Waals surface area contributed by atoms with Crippen molar-refractivity contribution in [3.63, 3.8) is 0 Å². The molecule has 94 valence electrons. The third-order valence-electron chi connectivity index (χ3n) is 2.95. The maximum atomic E-state index is 5.87. The first-order valence-corrected chi connectivity index (χ1v) is 6.46. The van der Waals surface area contributed by atoms with Crippen molar-refractivity contribution in [1.82, 2.24) is 20.1 Å². The molecule has 1 N–H and O–H groups in total. The number of nitrogens with one attached hydrogen (secondary N) is 1. The molecule has 2 heterocycles. The van der Waals surface area contributed by atoms with Gasteiger partial charge in [-0.25, -0.2) is 0 Å². The molecular formula is C10H15Cl2N5. The van der Waals surface area contributed by atoms with Crippen molar-refractivity contribution in [2.45, 2.75) is 25.8 Å². The minimum Gasteiger partial charge on any atom is -0.366 e. The lowest BCUT2D eigenvalue weighted by Gasteiger charge is -2.24. The first kappa shape index (κ1) is 12.8. The average molecular weight is 276 g/mol. The quantitative estimate of drug-likeness (QED) is 0.912. The van der Waals surface area contributed by atoms with E-state index in [4.69, 9.17) is 23.2 Å². The summed E-state index contributed by atoms with van der Waals surface area (Å²) in [5.74, 6) is 0.498. The van der Waals surface area contributed by atoms with Gasteiger partial charge in [-0.1, -0.05) is 11.6 Å². The molecule has 17 heavy (non-hydrogen) atoms. The molecular weight excluding hydrogens is 261 g/mol. The normalized spacial score (nSPS) is 18.3. The molecule has 0 saturated carbocycles. The minimum absolute atomic E-state index is 0.103. The van der Waals surface area contributed by atoms with E-state index in [0.29, 0.717) is 11.9 Å². The summed E-state index contributed by atoms with van der Waals surface area (Å²) in [6, 6.07) is 0.447. The van der Waals surface area contributed by atoms with Crippen LogP contribution in [-0.2, 0) is 0 Å². The van der Waals surface area contributed by atoms with E-state index in [1.165, 1.54) is 25.9 Å². The van der Waals surface area contributed by atoms with E-state index in [-0.39, 0.29) is 10.4 Å². The fourth-order valence-corrected chi connectivity index (χ4v) is 2.23. The van der Waals surface area contributed by atoms with Gasteiger partial charge in [0, 0.05) is 12.6 Å². The van der Waals surface area contributed by atoms with Gasteiger partial charge >= 0.3 is 0 Å². The Morgan fingerprint density at radius 3 is 2.71 bits per heavy atom. The number of likely N-dealkylation sites (tertiary alicyclic amines) is 1. The molecule has 2 rings (SSSR count). The second-order valence-electron chi connectivity index (χ2n) is 4.19. The van der Waals surface area contributed by atoms with Crippen molar-refractivity contribution >= 4 is 29.0 Å². The van der Waals surface area contributed by atoms with Crippen LogP contribution in [0.25, 0.3) is 0 Å². The summed E-state index contributed by atoms with van der Waals surface area (Å²) < 4.78 is 0. The fourth-order valence-electron chi connectivity index (χ4n) is 1.96. The Morgan fingerprint density at radius 1 is 1.29 bits per heavy atom. The Morgan fingerprint density at radius 2 is 2.00 bits per heavy atom. The molecule has 1 unspecified atom stereocenters. The SMILES string of the molecule is CC(CNc1nc(Cl)nnc1Cl)N1CCCC1. The van der Waals surface area contributed by atoms with E-state index in [0.717, 1.165) is 6.54 Å². The van der Waals surface area contributed by atoms with Gasteiger partial charge in [-0.05, 0) is 44.5 Å². The Balaban J connectivity index is 1.90. The predicted molar refractivity (Wildman–Crippen MR) is 68.6 cm³/mol. The molecule has 0 bridgehead atoms. The van der Waals surface area contributed by atoms with E-state index in [9.17, 15) is 0 Å². The lowest BCUT2D eigenvalue weighted by Crippen LogP contribution is -2.35. The van der Waals surface area contributed by atoms with Crippen LogP contribution in [0.5, 0.6) is 0 Å².